The first-order valence-electron chi connectivity index (χ1n) is 17.3. The molecule has 0 radical (unpaired) electrons. The lowest BCUT2D eigenvalue weighted by Crippen LogP contribution is -2.35. The summed E-state index contributed by atoms with van der Waals surface area (Å²) in [5.41, 5.74) is 11.2. The second-order valence-corrected chi connectivity index (χ2v) is 13.3. The molecular formula is C46H29N3O2. The molecule has 0 amide bonds. The number of hydrogen-bond donors (Lipinski definition) is 1. The number of para-hydroxylation sites is 2. The van der Waals surface area contributed by atoms with Gasteiger partial charge in [-0.2, -0.15) is 0 Å². The lowest BCUT2D eigenvalue weighted by Gasteiger charge is -2.39. The van der Waals surface area contributed by atoms with Crippen LogP contribution in [0.2, 0.25) is 0 Å². The maximum atomic E-state index is 6.87. The minimum atomic E-state index is -0.546. The van der Waals surface area contributed by atoms with E-state index in [-0.39, 0.29) is 0 Å². The van der Waals surface area contributed by atoms with Crippen LogP contribution >= 0.6 is 0 Å². The van der Waals surface area contributed by atoms with E-state index in [1.54, 1.807) is 0 Å². The smallest absolute Gasteiger partial charge is 0.169 e. The van der Waals surface area contributed by atoms with Gasteiger partial charge >= 0.3 is 0 Å². The molecule has 11 rings (SSSR count). The van der Waals surface area contributed by atoms with Crippen molar-refractivity contribution in [2.75, 3.05) is 0 Å². The number of fused-ring (bicyclic) bond motifs is 13. The zero-order valence-electron chi connectivity index (χ0n) is 27.4. The monoisotopic (exact) mass is 655 g/mol. The number of nitrogens with one attached hydrogen (secondary N) is 1. The van der Waals surface area contributed by atoms with Crippen LogP contribution in [0.5, 0.6) is 11.5 Å². The molecule has 5 nitrogen and oxygen atoms in total. The number of furan rings is 1. The van der Waals surface area contributed by atoms with Gasteiger partial charge in [0.15, 0.2) is 6.17 Å². The summed E-state index contributed by atoms with van der Waals surface area (Å²) < 4.78 is 13.4. The van der Waals surface area contributed by atoms with Crippen molar-refractivity contribution in [2.24, 2.45) is 9.98 Å². The number of benzene rings is 7. The molecule has 0 unspecified atom stereocenters. The van der Waals surface area contributed by atoms with Crippen LogP contribution in [0.4, 0.5) is 0 Å². The lowest BCUT2D eigenvalue weighted by atomic mass is 9.66. The van der Waals surface area contributed by atoms with Crippen molar-refractivity contribution in [1.29, 1.82) is 0 Å². The molecule has 2 aliphatic heterocycles. The minimum absolute atomic E-state index is 0.431. The highest BCUT2D eigenvalue weighted by Gasteiger charge is 2.51. The van der Waals surface area contributed by atoms with Gasteiger partial charge in [0.2, 0.25) is 0 Å². The van der Waals surface area contributed by atoms with Gasteiger partial charge in [-0.1, -0.05) is 140 Å². The Balaban J connectivity index is 1.13. The van der Waals surface area contributed by atoms with E-state index in [9.17, 15) is 0 Å². The first kappa shape index (κ1) is 28.2. The zero-order chi connectivity index (χ0) is 33.5. The van der Waals surface area contributed by atoms with E-state index < -0.39 is 11.6 Å². The van der Waals surface area contributed by atoms with Crippen LogP contribution in [0.3, 0.4) is 0 Å². The number of rotatable bonds is 3. The predicted molar refractivity (Wildman–Crippen MR) is 203 cm³/mol. The SMILES string of the molecule is c1ccc(C2=NC(c3ccc4oc5c6c(ccc5c4c3)C3(c4ccccc4Oc4ccccc43)c3ccccc3-6)N=C(c3ccccc3)N2)cc1. The van der Waals surface area contributed by atoms with E-state index in [0.717, 1.165) is 78.5 Å². The van der Waals surface area contributed by atoms with Gasteiger partial charge in [-0.15, -0.1) is 0 Å². The summed E-state index contributed by atoms with van der Waals surface area (Å²) in [6, 6.07) is 57.0. The highest BCUT2D eigenvalue weighted by atomic mass is 16.5. The normalized spacial score (nSPS) is 15.3. The van der Waals surface area contributed by atoms with Crippen LogP contribution in [-0.4, -0.2) is 11.7 Å². The first-order valence-corrected chi connectivity index (χ1v) is 17.3. The van der Waals surface area contributed by atoms with E-state index in [2.05, 4.69) is 121 Å². The Morgan fingerprint density at radius 2 is 1.10 bits per heavy atom. The third kappa shape index (κ3) is 3.97. The highest BCUT2D eigenvalue weighted by Crippen LogP contribution is 2.63. The van der Waals surface area contributed by atoms with E-state index >= 15 is 0 Å². The van der Waals surface area contributed by atoms with Crippen molar-refractivity contribution in [3.05, 3.63) is 203 Å². The van der Waals surface area contributed by atoms with Gasteiger partial charge in [0.25, 0.3) is 0 Å². The molecule has 3 heterocycles. The maximum absolute atomic E-state index is 6.87. The van der Waals surface area contributed by atoms with Crippen molar-refractivity contribution in [3.63, 3.8) is 0 Å². The van der Waals surface area contributed by atoms with Gasteiger partial charge in [-0.3, -0.25) is 0 Å². The van der Waals surface area contributed by atoms with Gasteiger partial charge in [0.1, 0.15) is 34.3 Å². The molecule has 0 bridgehead atoms. The fraction of sp³-hybridized carbons (Fsp3) is 0.0435. The van der Waals surface area contributed by atoms with E-state index in [1.807, 2.05) is 48.5 Å². The first-order chi connectivity index (χ1) is 25.3. The second-order valence-electron chi connectivity index (χ2n) is 13.3. The lowest BCUT2D eigenvalue weighted by molar-refractivity contribution is 0.436. The van der Waals surface area contributed by atoms with Crippen LogP contribution in [0.15, 0.2) is 178 Å². The van der Waals surface area contributed by atoms with Crippen LogP contribution in [0, 0.1) is 0 Å². The summed E-state index contributed by atoms with van der Waals surface area (Å²) in [5.74, 6) is 3.34. The van der Waals surface area contributed by atoms with Gasteiger partial charge in [0.05, 0.1) is 5.41 Å². The van der Waals surface area contributed by atoms with E-state index in [0.29, 0.717) is 0 Å². The van der Waals surface area contributed by atoms with Crippen molar-refractivity contribution in [1.82, 2.24) is 5.32 Å². The molecule has 5 heteroatoms. The Morgan fingerprint density at radius 3 is 1.76 bits per heavy atom. The quantitative estimate of drug-likeness (QED) is 0.206. The number of nitrogens with zero attached hydrogens (tertiary/aromatic N) is 2. The summed E-state index contributed by atoms with van der Waals surface area (Å²) in [6.45, 7) is 0. The molecule has 7 aromatic carbocycles. The van der Waals surface area contributed by atoms with Crippen LogP contribution in [0.25, 0.3) is 33.1 Å². The second kappa shape index (κ2) is 10.6. The van der Waals surface area contributed by atoms with Crippen LogP contribution in [-0.2, 0) is 5.41 Å². The number of hydrogen-bond acceptors (Lipinski definition) is 5. The Kier molecular flexibility index (Phi) is 5.87. The largest absolute Gasteiger partial charge is 0.457 e. The number of ether oxygens (including phenoxy) is 1. The molecule has 0 saturated heterocycles. The molecule has 0 saturated carbocycles. The molecule has 1 aliphatic carbocycles. The fourth-order valence-electron chi connectivity index (χ4n) is 8.43. The fourth-order valence-corrected chi connectivity index (χ4v) is 8.43. The molecule has 1 N–H and O–H groups in total. The van der Waals surface area contributed by atoms with Gasteiger partial charge in [-0.25, -0.2) is 9.98 Å². The number of amidine groups is 2. The van der Waals surface area contributed by atoms with E-state index in [1.165, 1.54) is 16.7 Å². The molecular weight excluding hydrogens is 627 g/mol. The average Bonchev–Trinajstić information content (AvgIpc) is 3.72. The van der Waals surface area contributed by atoms with Gasteiger partial charge < -0.3 is 14.5 Å². The summed E-state index contributed by atoms with van der Waals surface area (Å²) in [7, 11) is 0. The standard InChI is InChI=1S/C46H29N3O2/c1-3-13-28(14-4-1)43-47-44(29-15-5-2-6-16-29)49-45(48-43)30-23-26-38-33(27-30)31-24-25-37-41(42(31)51-38)32-17-7-8-18-34(32)46(37)35-19-9-11-21-39(35)50-40-22-12-10-20-36(40)46/h1-27,45H,(H,47,48,49). The summed E-state index contributed by atoms with van der Waals surface area (Å²) in [4.78, 5) is 10.3. The van der Waals surface area contributed by atoms with Gasteiger partial charge in [0, 0.05) is 38.6 Å². The van der Waals surface area contributed by atoms with E-state index in [4.69, 9.17) is 19.1 Å². The Morgan fingerprint density at radius 1 is 0.510 bits per heavy atom. The third-order valence-electron chi connectivity index (χ3n) is 10.6. The molecule has 8 aromatic rings. The predicted octanol–water partition coefficient (Wildman–Crippen LogP) is 10.6. The number of aliphatic imine (C=N–C) groups is 2. The third-order valence-corrected chi connectivity index (χ3v) is 10.6. The molecule has 240 valence electrons. The van der Waals surface area contributed by atoms with Crippen molar-refractivity contribution >= 4 is 33.6 Å². The Bertz CT molecular complexity index is 2660. The van der Waals surface area contributed by atoms with Gasteiger partial charge in [-0.05, 0) is 46.5 Å². The molecule has 0 atom stereocenters. The topological polar surface area (TPSA) is 59.1 Å². The van der Waals surface area contributed by atoms with Crippen molar-refractivity contribution < 1.29 is 9.15 Å². The molecule has 3 aliphatic rings. The Labute approximate surface area is 294 Å². The van der Waals surface area contributed by atoms with Crippen molar-refractivity contribution in [2.45, 2.75) is 11.6 Å². The highest BCUT2D eigenvalue weighted by molar-refractivity contribution is 6.16. The van der Waals surface area contributed by atoms with Crippen molar-refractivity contribution in [3.8, 4) is 22.6 Å². The van der Waals surface area contributed by atoms with Crippen LogP contribution in [0.1, 0.15) is 45.1 Å². The molecule has 1 spiro atoms. The molecule has 51 heavy (non-hydrogen) atoms. The molecule has 1 aromatic heterocycles. The summed E-state index contributed by atoms with van der Waals surface area (Å²) in [6.07, 6.45) is -0.431. The summed E-state index contributed by atoms with van der Waals surface area (Å²) >= 11 is 0. The molecule has 0 fully saturated rings. The summed E-state index contributed by atoms with van der Waals surface area (Å²) in [5, 5.41) is 5.61. The maximum Gasteiger partial charge on any atom is 0.169 e. The Hall–Kier alpha value is -6.72. The van der Waals surface area contributed by atoms with Crippen LogP contribution < -0.4 is 10.1 Å². The average molecular weight is 656 g/mol. The minimum Gasteiger partial charge on any atom is -0.457 e. The zero-order valence-corrected chi connectivity index (χ0v) is 27.4.